The van der Waals surface area contributed by atoms with Gasteiger partial charge in [-0.25, -0.2) is 4.79 Å². The highest BCUT2D eigenvalue weighted by Gasteiger charge is 2.26. The van der Waals surface area contributed by atoms with Crippen LogP contribution in [0.2, 0.25) is 0 Å². The number of aliphatic carboxylic acids is 1. The van der Waals surface area contributed by atoms with Crippen molar-refractivity contribution in [1.82, 2.24) is 0 Å². The largest absolute Gasteiger partial charge is 0.472 e. The minimum atomic E-state index is -1.37. The lowest BCUT2D eigenvalue weighted by atomic mass is 9.89. The molecule has 96 valence electrons. The van der Waals surface area contributed by atoms with Gasteiger partial charge in [0, 0.05) is 5.92 Å². The molecule has 0 aliphatic carbocycles. The van der Waals surface area contributed by atoms with E-state index in [0.29, 0.717) is 12.0 Å². The van der Waals surface area contributed by atoms with Crippen molar-refractivity contribution >= 4 is 5.97 Å². The second-order valence-electron chi connectivity index (χ2n) is 4.24. The van der Waals surface area contributed by atoms with Crippen molar-refractivity contribution < 1.29 is 15.0 Å². The summed E-state index contributed by atoms with van der Waals surface area (Å²) in [6.07, 6.45) is 3.29. The average Bonchev–Trinajstić information content (AvgIpc) is 2.38. The van der Waals surface area contributed by atoms with Crippen molar-refractivity contribution in [2.75, 3.05) is 0 Å². The zero-order chi connectivity index (χ0) is 13.4. The van der Waals surface area contributed by atoms with Crippen LogP contribution in [0, 0.1) is 11.8 Å². The standard InChI is InChI=1S/C15H18O3/c1-2-3-7-11-15(18,12-10-14(16)17)13-8-5-4-6-9-13/h4-6,8-9,18H,2-3,7,11H2,1H3,(H,16,17). The lowest BCUT2D eigenvalue weighted by Gasteiger charge is -2.22. The van der Waals surface area contributed by atoms with E-state index in [9.17, 15) is 9.90 Å². The first kappa shape index (κ1) is 14.3. The average molecular weight is 246 g/mol. The lowest BCUT2D eigenvalue weighted by Crippen LogP contribution is -2.24. The van der Waals surface area contributed by atoms with Crippen LogP contribution < -0.4 is 0 Å². The fourth-order valence-electron chi connectivity index (χ4n) is 1.78. The Kier molecular flexibility index (Phi) is 5.41. The number of hydrogen-bond acceptors (Lipinski definition) is 2. The minimum absolute atomic E-state index is 0.450. The van der Waals surface area contributed by atoms with Gasteiger partial charge >= 0.3 is 5.97 Å². The van der Waals surface area contributed by atoms with E-state index >= 15 is 0 Å². The zero-order valence-electron chi connectivity index (χ0n) is 10.5. The minimum Gasteiger partial charge on any atom is -0.472 e. The van der Waals surface area contributed by atoms with Gasteiger partial charge in [-0.05, 0) is 18.4 Å². The maximum absolute atomic E-state index is 10.5. The van der Waals surface area contributed by atoms with Gasteiger partial charge in [-0.2, -0.15) is 0 Å². The van der Waals surface area contributed by atoms with Gasteiger partial charge in [0.2, 0.25) is 0 Å². The fraction of sp³-hybridized carbons (Fsp3) is 0.400. The van der Waals surface area contributed by atoms with Gasteiger partial charge < -0.3 is 10.2 Å². The molecule has 0 saturated carbocycles. The first-order valence-corrected chi connectivity index (χ1v) is 6.12. The van der Waals surface area contributed by atoms with E-state index in [1.807, 2.05) is 24.1 Å². The molecule has 0 aliphatic rings. The van der Waals surface area contributed by atoms with Crippen LogP contribution in [0.4, 0.5) is 0 Å². The van der Waals surface area contributed by atoms with Gasteiger partial charge in [0.1, 0.15) is 0 Å². The number of unbranched alkanes of at least 4 members (excludes halogenated alkanes) is 2. The molecule has 0 bridgehead atoms. The van der Waals surface area contributed by atoms with Crippen molar-refractivity contribution in [1.29, 1.82) is 0 Å². The molecule has 3 nitrogen and oxygen atoms in total. The van der Waals surface area contributed by atoms with Crippen LogP contribution in [0.15, 0.2) is 30.3 Å². The number of aliphatic hydroxyl groups is 1. The Hall–Kier alpha value is -1.79. The SMILES string of the molecule is CCCCCC(O)(C#CC(=O)O)c1ccccc1. The molecule has 18 heavy (non-hydrogen) atoms. The third-order valence-electron chi connectivity index (χ3n) is 2.77. The van der Waals surface area contributed by atoms with E-state index in [0.717, 1.165) is 19.3 Å². The van der Waals surface area contributed by atoms with Crippen LogP contribution in [0.1, 0.15) is 38.2 Å². The molecular weight excluding hydrogens is 228 g/mol. The number of carboxylic acid groups (broad SMARTS) is 1. The Morgan fingerprint density at radius 1 is 1.28 bits per heavy atom. The predicted octanol–water partition coefficient (Wildman–Crippen LogP) is 2.54. The molecule has 3 heteroatoms. The van der Waals surface area contributed by atoms with Crippen LogP contribution >= 0.6 is 0 Å². The number of hydrogen-bond donors (Lipinski definition) is 2. The topological polar surface area (TPSA) is 57.5 Å². The Morgan fingerprint density at radius 3 is 2.50 bits per heavy atom. The van der Waals surface area contributed by atoms with E-state index in [-0.39, 0.29) is 0 Å². The molecule has 0 saturated heterocycles. The summed E-state index contributed by atoms with van der Waals surface area (Å²) in [6.45, 7) is 2.07. The maximum atomic E-state index is 10.5. The molecule has 1 aromatic carbocycles. The van der Waals surface area contributed by atoms with E-state index in [2.05, 4.69) is 12.8 Å². The Balaban J connectivity index is 2.95. The van der Waals surface area contributed by atoms with E-state index in [1.54, 1.807) is 12.1 Å². The molecule has 1 atom stereocenters. The molecule has 1 aromatic rings. The summed E-state index contributed by atoms with van der Waals surface area (Å²) in [6, 6.07) is 9.00. The highest BCUT2D eigenvalue weighted by atomic mass is 16.4. The number of carboxylic acids is 1. The van der Waals surface area contributed by atoms with Crippen LogP contribution in [-0.2, 0) is 10.4 Å². The van der Waals surface area contributed by atoms with Crippen LogP contribution in [0.3, 0.4) is 0 Å². The summed E-state index contributed by atoms with van der Waals surface area (Å²) in [4.78, 5) is 10.5. The quantitative estimate of drug-likeness (QED) is 0.620. The van der Waals surface area contributed by atoms with Gasteiger partial charge in [-0.15, -0.1) is 0 Å². The van der Waals surface area contributed by atoms with Crippen molar-refractivity contribution in [3.05, 3.63) is 35.9 Å². The maximum Gasteiger partial charge on any atom is 0.382 e. The van der Waals surface area contributed by atoms with E-state index in [1.165, 1.54) is 0 Å². The summed E-state index contributed by atoms with van der Waals surface area (Å²) < 4.78 is 0. The van der Waals surface area contributed by atoms with Gasteiger partial charge in [-0.1, -0.05) is 56.0 Å². The van der Waals surface area contributed by atoms with Gasteiger partial charge in [0.15, 0.2) is 5.60 Å². The number of benzene rings is 1. The Morgan fingerprint density at radius 2 is 1.94 bits per heavy atom. The summed E-state index contributed by atoms with van der Waals surface area (Å²) in [5, 5.41) is 19.1. The number of carbonyl (C=O) groups is 1. The first-order chi connectivity index (χ1) is 8.58. The summed E-state index contributed by atoms with van der Waals surface area (Å²) >= 11 is 0. The van der Waals surface area contributed by atoms with Crippen LogP contribution in [0.5, 0.6) is 0 Å². The molecule has 1 rings (SSSR count). The lowest BCUT2D eigenvalue weighted by molar-refractivity contribution is -0.130. The molecule has 0 aromatic heterocycles. The molecule has 0 radical (unpaired) electrons. The molecule has 1 unspecified atom stereocenters. The normalized spacial score (nSPS) is 13.2. The van der Waals surface area contributed by atoms with Crippen molar-refractivity contribution in [3.63, 3.8) is 0 Å². The van der Waals surface area contributed by atoms with Crippen LogP contribution in [-0.4, -0.2) is 16.2 Å². The predicted molar refractivity (Wildman–Crippen MR) is 69.9 cm³/mol. The zero-order valence-corrected chi connectivity index (χ0v) is 10.5. The second-order valence-corrected chi connectivity index (χ2v) is 4.24. The molecule has 0 amide bonds. The highest BCUT2D eigenvalue weighted by Crippen LogP contribution is 2.26. The van der Waals surface area contributed by atoms with Crippen molar-refractivity contribution in [3.8, 4) is 11.8 Å². The monoisotopic (exact) mass is 246 g/mol. The van der Waals surface area contributed by atoms with Crippen LogP contribution in [0.25, 0.3) is 0 Å². The van der Waals surface area contributed by atoms with Gasteiger partial charge in [0.05, 0.1) is 0 Å². The molecule has 0 heterocycles. The first-order valence-electron chi connectivity index (χ1n) is 6.12. The Bertz CT molecular complexity index is 442. The third kappa shape index (κ3) is 4.23. The third-order valence-corrected chi connectivity index (χ3v) is 2.77. The summed E-state index contributed by atoms with van der Waals surface area (Å²) in [7, 11) is 0. The number of rotatable bonds is 5. The fourth-order valence-corrected chi connectivity index (χ4v) is 1.78. The molecular formula is C15H18O3. The van der Waals surface area contributed by atoms with Crippen molar-refractivity contribution in [2.45, 2.75) is 38.2 Å². The smallest absolute Gasteiger partial charge is 0.382 e. The molecule has 2 N–H and O–H groups in total. The highest BCUT2D eigenvalue weighted by molar-refractivity contribution is 5.86. The molecule has 0 fully saturated rings. The van der Waals surface area contributed by atoms with Gasteiger partial charge in [0.25, 0.3) is 0 Å². The molecule has 0 spiro atoms. The van der Waals surface area contributed by atoms with E-state index < -0.39 is 11.6 Å². The summed E-state index contributed by atoms with van der Waals surface area (Å²) in [5.41, 5.74) is -0.718. The van der Waals surface area contributed by atoms with Crippen molar-refractivity contribution in [2.24, 2.45) is 0 Å². The Labute approximate surface area is 107 Å². The summed E-state index contributed by atoms with van der Waals surface area (Å²) in [5.74, 6) is 3.28. The second kappa shape index (κ2) is 6.83. The molecule has 0 aliphatic heterocycles. The van der Waals surface area contributed by atoms with Gasteiger partial charge in [-0.3, -0.25) is 0 Å². The van der Waals surface area contributed by atoms with E-state index in [4.69, 9.17) is 5.11 Å².